The first kappa shape index (κ1) is 11.2. The molecule has 0 radical (unpaired) electrons. The molecule has 3 N–H and O–H groups in total. The third kappa shape index (κ3) is 4.26. The van der Waals surface area contributed by atoms with E-state index in [1.165, 1.54) is 6.92 Å². The van der Waals surface area contributed by atoms with Crippen LogP contribution in [0, 0.1) is 0 Å². The first-order valence-corrected chi connectivity index (χ1v) is 4.81. The molecule has 0 aromatic carbocycles. The lowest BCUT2D eigenvalue weighted by Crippen LogP contribution is -2.20. The molecule has 80 valence electrons. The number of amides is 1. The average Bonchev–Trinajstić information content (AvgIpc) is 2.20. The summed E-state index contributed by atoms with van der Waals surface area (Å²) in [6, 6.07) is 3.74. The van der Waals surface area contributed by atoms with Gasteiger partial charge in [0.2, 0.25) is 5.91 Å². The maximum absolute atomic E-state index is 10.6. The Morgan fingerprint density at radius 1 is 1.67 bits per heavy atom. The molecule has 0 aliphatic carbocycles. The summed E-state index contributed by atoms with van der Waals surface area (Å²) in [4.78, 5) is 14.5. The van der Waals surface area contributed by atoms with Crippen molar-refractivity contribution < 1.29 is 4.79 Å². The molecule has 4 nitrogen and oxygen atoms in total. The summed E-state index contributed by atoms with van der Waals surface area (Å²) < 4.78 is 0. The van der Waals surface area contributed by atoms with Crippen LogP contribution >= 0.6 is 0 Å². The van der Waals surface area contributed by atoms with Crippen molar-refractivity contribution >= 4 is 17.8 Å². The summed E-state index contributed by atoms with van der Waals surface area (Å²) in [6.07, 6.45) is 6.31. The Kier molecular flexibility index (Phi) is 4.34. The summed E-state index contributed by atoms with van der Waals surface area (Å²) >= 11 is 0. The molecule has 1 heterocycles. The summed E-state index contributed by atoms with van der Waals surface area (Å²) in [6.45, 7) is 2.15. The molecule has 0 aliphatic heterocycles. The van der Waals surface area contributed by atoms with E-state index in [0.717, 1.165) is 12.0 Å². The zero-order valence-electron chi connectivity index (χ0n) is 8.73. The highest BCUT2D eigenvalue weighted by atomic mass is 16.1. The van der Waals surface area contributed by atoms with Crippen LogP contribution in [0.5, 0.6) is 0 Å². The van der Waals surface area contributed by atoms with E-state index in [2.05, 4.69) is 10.3 Å². The minimum atomic E-state index is -0.00992. The first-order valence-electron chi connectivity index (χ1n) is 4.81. The minimum Gasteiger partial charge on any atom is -0.383 e. The molecule has 0 spiro atoms. The molecular formula is C11H15N3O. The van der Waals surface area contributed by atoms with Gasteiger partial charge >= 0.3 is 0 Å². The number of nitrogens with one attached hydrogen (secondary N) is 1. The van der Waals surface area contributed by atoms with Gasteiger partial charge in [0.1, 0.15) is 5.82 Å². The van der Waals surface area contributed by atoms with Gasteiger partial charge in [-0.3, -0.25) is 4.79 Å². The molecule has 15 heavy (non-hydrogen) atoms. The van der Waals surface area contributed by atoms with Crippen molar-refractivity contribution in [1.82, 2.24) is 10.3 Å². The lowest BCUT2D eigenvalue weighted by atomic mass is 10.2. The van der Waals surface area contributed by atoms with E-state index in [9.17, 15) is 4.79 Å². The van der Waals surface area contributed by atoms with Gasteiger partial charge in [0.25, 0.3) is 0 Å². The van der Waals surface area contributed by atoms with Gasteiger partial charge in [-0.1, -0.05) is 12.2 Å². The van der Waals surface area contributed by atoms with Crippen molar-refractivity contribution in [3.8, 4) is 0 Å². The van der Waals surface area contributed by atoms with E-state index in [0.29, 0.717) is 12.4 Å². The number of nitrogens with two attached hydrogens (primary N) is 1. The number of rotatable bonds is 4. The smallest absolute Gasteiger partial charge is 0.216 e. The molecule has 1 aromatic heterocycles. The number of carbonyl (C=O) groups excluding carboxylic acids is 1. The highest BCUT2D eigenvalue weighted by molar-refractivity contribution is 5.72. The van der Waals surface area contributed by atoms with Gasteiger partial charge in [-0.25, -0.2) is 4.98 Å². The number of nitrogens with zero attached hydrogens (tertiary/aromatic N) is 1. The SMILES string of the molecule is CC(=O)NCCC=Cc1cccnc1N. The third-order valence-electron chi connectivity index (χ3n) is 1.85. The Morgan fingerprint density at radius 3 is 3.13 bits per heavy atom. The van der Waals surface area contributed by atoms with E-state index >= 15 is 0 Å². The zero-order valence-corrected chi connectivity index (χ0v) is 8.73. The van der Waals surface area contributed by atoms with Crippen molar-refractivity contribution in [2.75, 3.05) is 12.3 Å². The predicted octanol–water partition coefficient (Wildman–Crippen LogP) is 1.20. The van der Waals surface area contributed by atoms with Crippen LogP contribution < -0.4 is 11.1 Å². The highest BCUT2D eigenvalue weighted by Gasteiger charge is 1.92. The second-order valence-electron chi connectivity index (χ2n) is 3.15. The monoisotopic (exact) mass is 205 g/mol. The van der Waals surface area contributed by atoms with E-state index in [-0.39, 0.29) is 5.91 Å². The van der Waals surface area contributed by atoms with Crippen molar-refractivity contribution in [1.29, 1.82) is 0 Å². The van der Waals surface area contributed by atoms with Gasteiger partial charge in [-0.15, -0.1) is 0 Å². The van der Waals surface area contributed by atoms with Crippen LogP contribution in [0.3, 0.4) is 0 Å². The Morgan fingerprint density at radius 2 is 2.47 bits per heavy atom. The van der Waals surface area contributed by atoms with Crippen molar-refractivity contribution in [2.45, 2.75) is 13.3 Å². The largest absolute Gasteiger partial charge is 0.383 e. The Hall–Kier alpha value is -1.84. The number of hydrogen-bond donors (Lipinski definition) is 2. The molecule has 1 rings (SSSR count). The van der Waals surface area contributed by atoms with Crippen LogP contribution in [0.15, 0.2) is 24.4 Å². The molecule has 0 atom stereocenters. The van der Waals surface area contributed by atoms with Crippen LogP contribution in [-0.4, -0.2) is 17.4 Å². The van der Waals surface area contributed by atoms with Gasteiger partial charge in [-0.2, -0.15) is 0 Å². The fourth-order valence-electron chi connectivity index (χ4n) is 1.11. The second-order valence-corrected chi connectivity index (χ2v) is 3.15. The van der Waals surface area contributed by atoms with Crippen molar-refractivity contribution in [3.05, 3.63) is 30.0 Å². The average molecular weight is 205 g/mol. The third-order valence-corrected chi connectivity index (χ3v) is 1.85. The summed E-state index contributed by atoms with van der Waals surface area (Å²) in [7, 11) is 0. The number of aromatic nitrogens is 1. The van der Waals surface area contributed by atoms with Crippen LogP contribution in [0.25, 0.3) is 6.08 Å². The van der Waals surface area contributed by atoms with Crippen molar-refractivity contribution in [3.63, 3.8) is 0 Å². The molecule has 0 fully saturated rings. The second kappa shape index (κ2) is 5.80. The molecule has 4 heteroatoms. The highest BCUT2D eigenvalue weighted by Crippen LogP contribution is 2.08. The topological polar surface area (TPSA) is 68.0 Å². The number of pyridine rings is 1. The Labute approximate surface area is 89.2 Å². The standard InChI is InChI=1S/C11H15N3O/c1-9(15)13-7-3-2-5-10-6-4-8-14-11(10)12/h2,4-6,8H,3,7H2,1H3,(H2,12,14)(H,13,15). The van der Waals surface area contributed by atoms with Crippen LogP contribution in [0.2, 0.25) is 0 Å². The van der Waals surface area contributed by atoms with Gasteiger partial charge in [0, 0.05) is 25.2 Å². The lowest BCUT2D eigenvalue weighted by Gasteiger charge is -1.98. The van der Waals surface area contributed by atoms with Crippen LogP contribution in [0.4, 0.5) is 5.82 Å². The maximum atomic E-state index is 10.6. The van der Waals surface area contributed by atoms with E-state index < -0.39 is 0 Å². The normalized spacial score (nSPS) is 10.5. The van der Waals surface area contributed by atoms with E-state index in [1.807, 2.05) is 24.3 Å². The Bertz CT molecular complexity index is 361. The molecule has 1 aromatic rings. The fraction of sp³-hybridized carbons (Fsp3) is 0.273. The number of anilines is 1. The first-order chi connectivity index (χ1) is 7.20. The van der Waals surface area contributed by atoms with Gasteiger partial charge in [-0.05, 0) is 18.6 Å². The fourth-order valence-corrected chi connectivity index (χ4v) is 1.11. The molecule has 0 saturated carbocycles. The molecule has 0 unspecified atom stereocenters. The molecular weight excluding hydrogens is 190 g/mol. The number of nitrogen functional groups attached to an aromatic ring is 1. The lowest BCUT2D eigenvalue weighted by molar-refractivity contribution is -0.118. The Balaban J connectivity index is 2.38. The van der Waals surface area contributed by atoms with Crippen molar-refractivity contribution in [2.24, 2.45) is 0 Å². The van der Waals surface area contributed by atoms with Crippen LogP contribution in [0.1, 0.15) is 18.9 Å². The van der Waals surface area contributed by atoms with E-state index in [1.54, 1.807) is 6.20 Å². The molecule has 0 aliphatic rings. The maximum Gasteiger partial charge on any atom is 0.216 e. The summed E-state index contributed by atoms with van der Waals surface area (Å²) in [5, 5.41) is 2.71. The molecule has 1 amide bonds. The van der Waals surface area contributed by atoms with E-state index in [4.69, 9.17) is 5.73 Å². The molecule has 0 saturated heterocycles. The minimum absolute atomic E-state index is 0.00992. The predicted molar refractivity (Wildman–Crippen MR) is 61.0 cm³/mol. The van der Waals surface area contributed by atoms with Gasteiger partial charge in [0.05, 0.1) is 0 Å². The molecule has 0 bridgehead atoms. The van der Waals surface area contributed by atoms with Crippen LogP contribution in [-0.2, 0) is 4.79 Å². The quantitative estimate of drug-likeness (QED) is 0.726. The zero-order chi connectivity index (χ0) is 11.1. The van der Waals surface area contributed by atoms with Gasteiger partial charge in [0.15, 0.2) is 0 Å². The number of carbonyl (C=O) groups is 1. The number of hydrogen-bond acceptors (Lipinski definition) is 3. The summed E-state index contributed by atoms with van der Waals surface area (Å²) in [5.74, 6) is 0.512. The summed E-state index contributed by atoms with van der Waals surface area (Å²) in [5.41, 5.74) is 6.55. The van der Waals surface area contributed by atoms with Gasteiger partial charge < -0.3 is 11.1 Å².